The van der Waals surface area contributed by atoms with Crippen LogP contribution in [0.5, 0.6) is 0 Å². The van der Waals surface area contributed by atoms with E-state index in [1.165, 1.54) is 51.4 Å². The SMILES string of the molecule is CC.CC.CC.CC.CC(C)C.CC/C=C/CC(CC)CCCC.CCCC(C)C. The number of unbranched alkanes of at least 4 members (excludes halogenated alkanes) is 1. The Bertz CT molecular complexity index is 185. The van der Waals surface area contributed by atoms with Gasteiger partial charge in [0.2, 0.25) is 0 Å². The fraction of sp³-hybridized carbons (Fsp3) is 0.933. The van der Waals surface area contributed by atoms with Crippen molar-refractivity contribution < 1.29 is 0 Å². The molecule has 0 nitrogen and oxygen atoms in total. The molecule has 30 heavy (non-hydrogen) atoms. The lowest BCUT2D eigenvalue weighted by molar-refractivity contribution is 0.456. The number of allylic oxidation sites excluding steroid dienone is 2. The van der Waals surface area contributed by atoms with Gasteiger partial charge < -0.3 is 0 Å². The van der Waals surface area contributed by atoms with E-state index in [4.69, 9.17) is 0 Å². The molecule has 0 heteroatoms. The van der Waals surface area contributed by atoms with Gasteiger partial charge in [-0.25, -0.2) is 0 Å². The van der Waals surface area contributed by atoms with Crippen molar-refractivity contribution in [3.05, 3.63) is 12.2 Å². The topological polar surface area (TPSA) is 0 Å². The summed E-state index contributed by atoms with van der Waals surface area (Å²) < 4.78 is 0. The summed E-state index contributed by atoms with van der Waals surface area (Å²) in [6.07, 6.45) is 15.3. The molecule has 0 aromatic rings. The Morgan fingerprint density at radius 1 is 0.567 bits per heavy atom. The summed E-state index contributed by atoms with van der Waals surface area (Å²) in [6, 6.07) is 0. The van der Waals surface area contributed by atoms with Crippen LogP contribution < -0.4 is 0 Å². The molecular formula is C30H72. The molecule has 1 atom stereocenters. The average molecular weight is 433 g/mol. The molecule has 0 radical (unpaired) electrons. The van der Waals surface area contributed by atoms with Gasteiger partial charge in [-0.1, -0.05) is 168 Å². The first-order chi connectivity index (χ1) is 14.3. The highest BCUT2D eigenvalue weighted by Crippen LogP contribution is 2.16. The molecule has 0 saturated carbocycles. The van der Waals surface area contributed by atoms with Crippen LogP contribution in [-0.4, -0.2) is 0 Å². The van der Waals surface area contributed by atoms with Gasteiger partial charge in [0.25, 0.3) is 0 Å². The van der Waals surface area contributed by atoms with Gasteiger partial charge in [-0.3, -0.25) is 0 Å². The zero-order chi connectivity index (χ0) is 25.8. The normalized spacial score (nSPS) is 9.57. The third-order valence-electron chi connectivity index (χ3n) is 3.28. The molecule has 0 rings (SSSR count). The van der Waals surface area contributed by atoms with Gasteiger partial charge in [-0.15, -0.1) is 0 Å². The van der Waals surface area contributed by atoms with Gasteiger partial charge in [0, 0.05) is 0 Å². The zero-order valence-corrected chi connectivity index (χ0v) is 25.5. The van der Waals surface area contributed by atoms with Crippen molar-refractivity contribution in [1.82, 2.24) is 0 Å². The van der Waals surface area contributed by atoms with Gasteiger partial charge in [0.15, 0.2) is 0 Å². The molecule has 0 aromatic carbocycles. The Hall–Kier alpha value is -0.260. The number of hydrogen-bond acceptors (Lipinski definition) is 0. The van der Waals surface area contributed by atoms with Crippen LogP contribution in [-0.2, 0) is 0 Å². The van der Waals surface area contributed by atoms with E-state index >= 15 is 0 Å². The summed E-state index contributed by atoms with van der Waals surface area (Å²) in [5, 5.41) is 0. The van der Waals surface area contributed by atoms with Crippen LogP contribution in [0.4, 0.5) is 0 Å². The summed E-state index contributed by atoms with van der Waals surface area (Å²) >= 11 is 0. The quantitative estimate of drug-likeness (QED) is 0.318. The lowest BCUT2D eigenvalue weighted by atomic mass is 9.96. The van der Waals surface area contributed by atoms with Crippen molar-refractivity contribution in [2.45, 2.75) is 169 Å². The van der Waals surface area contributed by atoms with E-state index in [2.05, 4.69) is 74.5 Å². The molecule has 0 heterocycles. The first kappa shape index (κ1) is 47.5. The fourth-order valence-electron chi connectivity index (χ4n) is 2.01. The third kappa shape index (κ3) is 105. The Morgan fingerprint density at radius 2 is 0.967 bits per heavy atom. The van der Waals surface area contributed by atoms with E-state index in [0.29, 0.717) is 0 Å². The third-order valence-corrected chi connectivity index (χ3v) is 3.28. The molecular weight excluding hydrogens is 360 g/mol. The highest BCUT2D eigenvalue weighted by atomic mass is 14.1. The van der Waals surface area contributed by atoms with Crippen molar-refractivity contribution in [3.8, 4) is 0 Å². The summed E-state index contributed by atoms with van der Waals surface area (Å²) in [6.45, 7) is 36.0. The summed E-state index contributed by atoms with van der Waals surface area (Å²) in [5.74, 6) is 2.67. The maximum atomic E-state index is 2.35. The summed E-state index contributed by atoms with van der Waals surface area (Å²) in [5.41, 5.74) is 0. The summed E-state index contributed by atoms with van der Waals surface area (Å²) in [4.78, 5) is 0. The van der Waals surface area contributed by atoms with E-state index < -0.39 is 0 Å². The number of hydrogen-bond donors (Lipinski definition) is 0. The van der Waals surface area contributed by atoms with Crippen molar-refractivity contribution in [2.24, 2.45) is 17.8 Å². The van der Waals surface area contributed by atoms with Crippen LogP contribution in [0.25, 0.3) is 0 Å². The van der Waals surface area contributed by atoms with Crippen molar-refractivity contribution in [2.75, 3.05) is 0 Å². The van der Waals surface area contributed by atoms with Gasteiger partial charge in [-0.05, 0) is 30.6 Å². The van der Waals surface area contributed by atoms with Gasteiger partial charge in [0.05, 0.1) is 0 Å². The van der Waals surface area contributed by atoms with Gasteiger partial charge in [-0.2, -0.15) is 0 Å². The minimum Gasteiger partial charge on any atom is -0.0888 e. The molecule has 0 spiro atoms. The van der Waals surface area contributed by atoms with E-state index in [1.807, 2.05) is 55.4 Å². The highest BCUT2D eigenvalue weighted by molar-refractivity contribution is 4.82. The Kier molecular flexibility index (Phi) is 99.7. The Labute approximate surface area is 199 Å². The predicted octanol–water partition coefficient (Wildman–Crippen LogP) is 12.8. The fourth-order valence-corrected chi connectivity index (χ4v) is 2.01. The lowest BCUT2D eigenvalue weighted by Crippen LogP contribution is -1.96. The van der Waals surface area contributed by atoms with E-state index in [-0.39, 0.29) is 0 Å². The predicted molar refractivity (Wildman–Crippen MR) is 153 cm³/mol. The van der Waals surface area contributed by atoms with Crippen molar-refractivity contribution in [3.63, 3.8) is 0 Å². The molecule has 192 valence electrons. The molecule has 0 aromatic heterocycles. The minimum atomic E-state index is 0.833. The summed E-state index contributed by atoms with van der Waals surface area (Å²) in [7, 11) is 0. The Morgan fingerprint density at radius 3 is 1.17 bits per heavy atom. The van der Waals surface area contributed by atoms with Gasteiger partial charge in [0.1, 0.15) is 0 Å². The molecule has 0 N–H and O–H groups in total. The molecule has 0 saturated heterocycles. The molecule has 0 aliphatic rings. The van der Waals surface area contributed by atoms with Crippen LogP contribution in [0.3, 0.4) is 0 Å². The second-order valence-electron chi connectivity index (χ2n) is 7.45. The number of rotatable bonds is 9. The average Bonchev–Trinajstić information content (AvgIpc) is 2.76. The lowest BCUT2D eigenvalue weighted by Gasteiger charge is -2.10. The van der Waals surface area contributed by atoms with E-state index in [9.17, 15) is 0 Å². The monoisotopic (exact) mass is 433 g/mol. The molecule has 0 fully saturated rings. The van der Waals surface area contributed by atoms with Crippen LogP contribution in [0.15, 0.2) is 12.2 Å². The van der Waals surface area contributed by atoms with Crippen LogP contribution in [0, 0.1) is 17.8 Å². The molecule has 0 bridgehead atoms. The highest BCUT2D eigenvalue weighted by Gasteiger charge is 2.02. The maximum absolute atomic E-state index is 2.35. The van der Waals surface area contributed by atoms with Crippen LogP contribution >= 0.6 is 0 Å². The largest absolute Gasteiger partial charge is 0.0888 e. The van der Waals surface area contributed by atoms with Crippen LogP contribution in [0.1, 0.15) is 169 Å². The molecule has 1 unspecified atom stereocenters. The van der Waals surface area contributed by atoms with E-state index in [1.54, 1.807) is 0 Å². The molecule has 0 aliphatic heterocycles. The first-order valence-electron chi connectivity index (χ1n) is 14.0. The second kappa shape index (κ2) is 63.0. The van der Waals surface area contributed by atoms with Crippen LogP contribution in [0.2, 0.25) is 0 Å². The maximum Gasteiger partial charge on any atom is -0.0322 e. The molecule has 0 amide bonds. The van der Waals surface area contributed by atoms with Gasteiger partial charge >= 0.3 is 0 Å². The molecule has 0 aliphatic carbocycles. The zero-order valence-electron chi connectivity index (χ0n) is 25.5. The van der Waals surface area contributed by atoms with Crippen molar-refractivity contribution in [1.29, 1.82) is 0 Å². The minimum absolute atomic E-state index is 0.833. The first-order valence-corrected chi connectivity index (χ1v) is 14.0. The Balaban J connectivity index is -0.0000000496. The van der Waals surface area contributed by atoms with Crippen molar-refractivity contribution >= 4 is 0 Å². The smallest absolute Gasteiger partial charge is 0.0322 e. The second-order valence-corrected chi connectivity index (χ2v) is 7.45. The van der Waals surface area contributed by atoms with E-state index in [0.717, 1.165) is 17.8 Å². The standard InChI is InChI=1S/C12H24.C6H14.C4H10.4C2H6/c1-4-7-9-11-12(6-3)10-8-5-2;1-4-5-6(2)3;1-4(2)3;4*1-2/h7,9,12H,4-6,8,10-11H2,1-3H3;6H,4-5H2,1-3H3;4H,1-3H3;4*1-2H3/b9-7+;;;;;;.